The van der Waals surface area contributed by atoms with Crippen molar-refractivity contribution in [2.75, 3.05) is 0 Å². The number of aromatic amines is 1. The first-order valence-electron chi connectivity index (χ1n) is 6.70. The number of benzene rings is 2. The second-order valence-corrected chi connectivity index (χ2v) is 5.01. The van der Waals surface area contributed by atoms with Gasteiger partial charge in [0, 0.05) is 10.8 Å². The zero-order chi connectivity index (χ0) is 15.1. The van der Waals surface area contributed by atoms with E-state index in [1.807, 2.05) is 36.4 Å². The minimum atomic E-state index is 0.0554. The molecule has 0 spiro atoms. The lowest BCUT2D eigenvalue weighted by Gasteiger charge is -1.95. The van der Waals surface area contributed by atoms with Crippen LogP contribution in [0, 0.1) is 6.57 Å². The van der Waals surface area contributed by atoms with Crippen molar-refractivity contribution in [3.8, 4) is 5.88 Å². The van der Waals surface area contributed by atoms with Gasteiger partial charge in [0.15, 0.2) is 5.88 Å². The van der Waals surface area contributed by atoms with Crippen LogP contribution in [0.4, 0.5) is 11.4 Å². The quantitative estimate of drug-likeness (QED) is 0.663. The molecule has 5 heteroatoms. The van der Waals surface area contributed by atoms with Gasteiger partial charge in [0.25, 0.3) is 0 Å². The van der Waals surface area contributed by atoms with Crippen molar-refractivity contribution in [1.29, 1.82) is 0 Å². The number of para-hydroxylation sites is 1. The summed E-state index contributed by atoms with van der Waals surface area (Å²) in [5.41, 5.74) is 2.62. The molecule has 0 saturated heterocycles. The Bertz CT molecular complexity index is 1100. The number of fused-ring (bicyclic) bond motifs is 2. The summed E-state index contributed by atoms with van der Waals surface area (Å²) in [5, 5.41) is 20.8. The number of nitrogens with one attached hydrogen (secondary N) is 1. The first-order valence-corrected chi connectivity index (χ1v) is 6.70. The summed E-state index contributed by atoms with van der Waals surface area (Å²) in [5.74, 6) is 0.0554. The van der Waals surface area contributed by atoms with E-state index >= 15 is 0 Å². The molecule has 1 aliphatic rings. The summed E-state index contributed by atoms with van der Waals surface area (Å²) in [6.45, 7) is 7.20. The first kappa shape index (κ1) is 12.4. The smallest absolute Gasteiger partial charge is 0.210 e. The second kappa shape index (κ2) is 4.57. The maximum atomic E-state index is 10.2. The van der Waals surface area contributed by atoms with Crippen molar-refractivity contribution in [3.05, 3.63) is 63.8 Å². The highest BCUT2D eigenvalue weighted by Gasteiger charge is 2.11. The van der Waals surface area contributed by atoms with Gasteiger partial charge in [-0.25, -0.2) is 4.85 Å². The second-order valence-electron chi connectivity index (χ2n) is 5.01. The average Bonchev–Trinajstić information content (AvgIpc) is 3.12. The summed E-state index contributed by atoms with van der Waals surface area (Å²) >= 11 is 0. The standard InChI is InChI=1S/C17H10N4O/c1-18-14-4-2-3-12-13(17(22)20-16(12)14)7-10-5-6-11-9-19-21-15(11)8-10/h2-9,20,22H/b10-7+. The fourth-order valence-corrected chi connectivity index (χ4v) is 2.61. The highest BCUT2D eigenvalue weighted by atomic mass is 16.3. The number of rotatable bonds is 1. The first-order chi connectivity index (χ1) is 10.8. The molecule has 0 amide bonds. The van der Waals surface area contributed by atoms with Crippen LogP contribution in [0.5, 0.6) is 5.88 Å². The van der Waals surface area contributed by atoms with Gasteiger partial charge in [0.1, 0.15) is 0 Å². The van der Waals surface area contributed by atoms with Crippen LogP contribution in [0.15, 0.2) is 46.6 Å². The van der Waals surface area contributed by atoms with E-state index in [2.05, 4.69) is 20.1 Å². The highest BCUT2D eigenvalue weighted by molar-refractivity contribution is 5.99. The Morgan fingerprint density at radius 2 is 2.14 bits per heavy atom. The Morgan fingerprint density at radius 3 is 3.00 bits per heavy atom. The van der Waals surface area contributed by atoms with Gasteiger partial charge in [-0.1, -0.05) is 30.3 Å². The predicted molar refractivity (Wildman–Crippen MR) is 84.5 cm³/mol. The van der Waals surface area contributed by atoms with Crippen molar-refractivity contribution in [2.45, 2.75) is 0 Å². The average molecular weight is 286 g/mol. The third kappa shape index (κ3) is 1.79. The topological polar surface area (TPSA) is 65.1 Å². The lowest BCUT2D eigenvalue weighted by molar-refractivity contribution is 0.457. The lowest BCUT2D eigenvalue weighted by Crippen LogP contribution is -2.06. The van der Waals surface area contributed by atoms with Crippen molar-refractivity contribution < 1.29 is 5.11 Å². The van der Waals surface area contributed by atoms with Crippen molar-refractivity contribution in [2.24, 2.45) is 10.2 Å². The molecule has 2 aromatic carbocycles. The summed E-state index contributed by atoms with van der Waals surface area (Å²) in [6, 6.07) is 11.2. The number of azo groups is 1. The molecule has 0 aliphatic carbocycles. The third-order valence-corrected chi connectivity index (χ3v) is 3.68. The number of nitrogens with zero attached hydrogens (tertiary/aromatic N) is 3. The van der Waals surface area contributed by atoms with E-state index in [1.54, 1.807) is 12.3 Å². The van der Waals surface area contributed by atoms with Crippen LogP contribution in [-0.2, 0) is 0 Å². The minimum Gasteiger partial charge on any atom is -0.494 e. The number of aromatic nitrogens is 1. The molecule has 104 valence electrons. The van der Waals surface area contributed by atoms with E-state index < -0.39 is 0 Å². The molecular weight excluding hydrogens is 276 g/mol. The van der Waals surface area contributed by atoms with E-state index in [0.717, 1.165) is 21.5 Å². The molecule has 0 saturated carbocycles. The van der Waals surface area contributed by atoms with Gasteiger partial charge in [0.2, 0.25) is 5.69 Å². The van der Waals surface area contributed by atoms with Crippen LogP contribution in [0.25, 0.3) is 28.0 Å². The van der Waals surface area contributed by atoms with Gasteiger partial charge in [-0.2, -0.15) is 10.2 Å². The number of H-pyrrole nitrogens is 1. The highest BCUT2D eigenvalue weighted by Crippen LogP contribution is 2.33. The fourth-order valence-electron chi connectivity index (χ4n) is 2.61. The predicted octanol–water partition coefficient (Wildman–Crippen LogP) is 3.09. The summed E-state index contributed by atoms with van der Waals surface area (Å²) < 4.78 is 0. The molecule has 5 nitrogen and oxygen atoms in total. The Balaban J connectivity index is 1.98. The van der Waals surface area contributed by atoms with Crippen molar-refractivity contribution >= 4 is 34.6 Å². The van der Waals surface area contributed by atoms with Gasteiger partial charge in [-0.15, -0.1) is 0 Å². The molecule has 4 rings (SSSR count). The SMILES string of the molecule is [C-]#[N+]c1cccc2c(/C=c3\ccc4c(c3)N=NC=4)c(O)[nH]c12. The van der Waals surface area contributed by atoms with Gasteiger partial charge in [-0.05, 0) is 22.7 Å². The van der Waals surface area contributed by atoms with Crippen LogP contribution in [0.2, 0.25) is 0 Å². The molecule has 0 unspecified atom stereocenters. The van der Waals surface area contributed by atoms with Crippen LogP contribution < -0.4 is 10.4 Å². The van der Waals surface area contributed by atoms with Crippen molar-refractivity contribution in [3.63, 3.8) is 0 Å². The maximum absolute atomic E-state index is 10.2. The monoisotopic (exact) mass is 286 g/mol. The van der Waals surface area contributed by atoms with Crippen LogP contribution in [0.1, 0.15) is 5.56 Å². The van der Waals surface area contributed by atoms with E-state index in [0.29, 0.717) is 16.8 Å². The van der Waals surface area contributed by atoms with Gasteiger partial charge < -0.3 is 10.1 Å². The molecule has 22 heavy (non-hydrogen) atoms. The number of hydrogen-bond acceptors (Lipinski definition) is 3. The minimum absolute atomic E-state index is 0.0554. The van der Waals surface area contributed by atoms with Gasteiger partial charge in [-0.3, -0.25) is 0 Å². The Labute approximate surface area is 125 Å². The Hall–Kier alpha value is -3.39. The molecule has 1 aliphatic heterocycles. The molecule has 0 atom stereocenters. The maximum Gasteiger partial charge on any atom is 0.210 e. The molecule has 2 heterocycles. The van der Waals surface area contributed by atoms with E-state index in [9.17, 15) is 5.11 Å². The van der Waals surface area contributed by atoms with Crippen molar-refractivity contribution in [1.82, 2.24) is 4.98 Å². The van der Waals surface area contributed by atoms with E-state index in [-0.39, 0.29) is 5.88 Å². The van der Waals surface area contributed by atoms with Crippen LogP contribution in [0.3, 0.4) is 0 Å². The Kier molecular flexibility index (Phi) is 2.57. The summed E-state index contributed by atoms with van der Waals surface area (Å²) in [6.07, 6.45) is 3.58. The molecule has 0 fully saturated rings. The lowest BCUT2D eigenvalue weighted by atomic mass is 10.1. The zero-order valence-electron chi connectivity index (χ0n) is 11.4. The molecule has 0 bridgehead atoms. The Morgan fingerprint density at radius 1 is 1.23 bits per heavy atom. The molecule has 1 aromatic heterocycles. The fraction of sp³-hybridized carbons (Fsp3) is 0. The largest absolute Gasteiger partial charge is 0.494 e. The number of hydrogen-bond donors (Lipinski definition) is 2. The van der Waals surface area contributed by atoms with Crippen LogP contribution >= 0.6 is 0 Å². The van der Waals surface area contributed by atoms with Gasteiger partial charge >= 0.3 is 0 Å². The summed E-state index contributed by atoms with van der Waals surface area (Å²) in [7, 11) is 0. The number of aromatic hydroxyl groups is 1. The zero-order valence-corrected chi connectivity index (χ0v) is 11.4. The molecule has 0 radical (unpaired) electrons. The normalized spacial score (nSPS) is 13.1. The summed E-state index contributed by atoms with van der Waals surface area (Å²) in [4.78, 5) is 6.35. The van der Waals surface area contributed by atoms with E-state index in [4.69, 9.17) is 6.57 Å². The molecule has 2 N–H and O–H groups in total. The van der Waals surface area contributed by atoms with E-state index in [1.165, 1.54) is 0 Å². The third-order valence-electron chi connectivity index (χ3n) is 3.68. The van der Waals surface area contributed by atoms with Gasteiger partial charge in [0.05, 0.1) is 24.0 Å². The molecule has 3 aromatic rings. The molecular formula is C17H10N4O. The van der Waals surface area contributed by atoms with Crippen LogP contribution in [-0.4, -0.2) is 10.1 Å².